The van der Waals surface area contributed by atoms with Crippen LogP contribution in [0.1, 0.15) is 0 Å². The minimum Gasteiger partial charge on any atom is -0.507 e. The second-order valence-corrected chi connectivity index (χ2v) is 6.59. The zero-order chi connectivity index (χ0) is 16.3. The van der Waals surface area contributed by atoms with E-state index in [1.54, 1.807) is 18.3 Å². The van der Waals surface area contributed by atoms with E-state index >= 15 is 0 Å². The molecule has 5 aromatic rings. The highest BCUT2D eigenvalue weighted by Crippen LogP contribution is 2.40. The van der Waals surface area contributed by atoms with Gasteiger partial charge in [-0.3, -0.25) is 9.89 Å². The van der Waals surface area contributed by atoms with Crippen LogP contribution in [0.15, 0.2) is 52.8 Å². The Bertz CT molecular complexity index is 1300. The number of thiophene rings is 1. The molecular formula is C18H11N3O2S. The van der Waals surface area contributed by atoms with E-state index in [1.807, 2.05) is 29.6 Å². The number of aromatic nitrogens is 3. The molecule has 2 aromatic carbocycles. The lowest BCUT2D eigenvalue weighted by Crippen LogP contribution is -2.04. The zero-order valence-corrected chi connectivity index (χ0v) is 13.1. The van der Waals surface area contributed by atoms with E-state index in [9.17, 15) is 9.90 Å². The highest BCUT2D eigenvalue weighted by molar-refractivity contribution is 7.17. The predicted molar refractivity (Wildman–Crippen MR) is 96.7 cm³/mol. The van der Waals surface area contributed by atoms with Crippen molar-refractivity contribution in [2.45, 2.75) is 0 Å². The Morgan fingerprint density at radius 3 is 2.92 bits per heavy atom. The summed E-state index contributed by atoms with van der Waals surface area (Å²) in [6.07, 6.45) is 1.76. The van der Waals surface area contributed by atoms with E-state index in [0.717, 1.165) is 27.2 Å². The molecule has 0 unspecified atom stereocenters. The van der Waals surface area contributed by atoms with Crippen LogP contribution in [0.3, 0.4) is 0 Å². The number of H-pyrrole nitrogens is 2. The molecule has 0 bridgehead atoms. The molecule has 0 spiro atoms. The van der Waals surface area contributed by atoms with Gasteiger partial charge in [0, 0.05) is 27.2 Å². The standard InChI is InChI=1S/C18H11N3O2S/c22-14-4-3-12-16(11-5-6-24-17(11)18(23)20-12)15(14)9-1-2-10-8-19-21-13(10)7-9/h1-8,22H,(H,19,21)(H,20,23). The molecule has 0 fully saturated rings. The summed E-state index contributed by atoms with van der Waals surface area (Å²) in [6.45, 7) is 0. The Labute approximate surface area is 139 Å². The summed E-state index contributed by atoms with van der Waals surface area (Å²) in [4.78, 5) is 15.1. The van der Waals surface area contributed by atoms with Gasteiger partial charge in [-0.2, -0.15) is 5.10 Å². The zero-order valence-electron chi connectivity index (χ0n) is 12.3. The first-order chi connectivity index (χ1) is 11.7. The highest BCUT2D eigenvalue weighted by atomic mass is 32.1. The van der Waals surface area contributed by atoms with E-state index in [0.29, 0.717) is 15.8 Å². The third kappa shape index (κ3) is 1.74. The van der Waals surface area contributed by atoms with Crippen molar-refractivity contribution in [2.24, 2.45) is 0 Å². The van der Waals surface area contributed by atoms with Crippen molar-refractivity contribution < 1.29 is 5.11 Å². The van der Waals surface area contributed by atoms with Gasteiger partial charge in [0.25, 0.3) is 5.56 Å². The Morgan fingerprint density at radius 2 is 2.00 bits per heavy atom. The van der Waals surface area contributed by atoms with Crippen LogP contribution in [0.4, 0.5) is 0 Å². The van der Waals surface area contributed by atoms with E-state index in [1.165, 1.54) is 11.3 Å². The summed E-state index contributed by atoms with van der Waals surface area (Å²) in [5.41, 5.74) is 3.09. The van der Waals surface area contributed by atoms with Gasteiger partial charge in [-0.15, -0.1) is 11.3 Å². The lowest BCUT2D eigenvalue weighted by molar-refractivity contribution is 0.478. The third-order valence-corrected chi connectivity index (χ3v) is 5.22. The van der Waals surface area contributed by atoms with Crippen LogP contribution in [0, 0.1) is 0 Å². The molecule has 3 N–H and O–H groups in total. The number of hydrogen-bond acceptors (Lipinski definition) is 4. The molecule has 5 rings (SSSR count). The fraction of sp³-hybridized carbons (Fsp3) is 0. The van der Waals surface area contributed by atoms with Gasteiger partial charge in [-0.25, -0.2) is 0 Å². The lowest BCUT2D eigenvalue weighted by Gasteiger charge is -2.11. The number of nitrogens with one attached hydrogen (secondary N) is 2. The maximum absolute atomic E-state index is 12.2. The molecule has 0 aliphatic carbocycles. The maximum Gasteiger partial charge on any atom is 0.266 e. The molecule has 3 aromatic heterocycles. The van der Waals surface area contributed by atoms with Gasteiger partial charge < -0.3 is 10.1 Å². The summed E-state index contributed by atoms with van der Waals surface area (Å²) in [6, 6.07) is 11.2. The molecule has 116 valence electrons. The highest BCUT2D eigenvalue weighted by Gasteiger charge is 2.15. The Morgan fingerprint density at radius 1 is 1.08 bits per heavy atom. The molecule has 0 saturated heterocycles. The number of benzene rings is 2. The molecule has 0 radical (unpaired) electrons. The average Bonchev–Trinajstić information content (AvgIpc) is 3.24. The Hall–Kier alpha value is -3.12. The first-order valence-electron chi connectivity index (χ1n) is 7.41. The van der Waals surface area contributed by atoms with Gasteiger partial charge in [0.05, 0.1) is 11.7 Å². The molecule has 5 nitrogen and oxygen atoms in total. The van der Waals surface area contributed by atoms with E-state index < -0.39 is 0 Å². The van der Waals surface area contributed by atoms with Gasteiger partial charge in [-0.1, -0.05) is 12.1 Å². The molecule has 24 heavy (non-hydrogen) atoms. The summed E-state index contributed by atoms with van der Waals surface area (Å²) < 4.78 is 0.664. The van der Waals surface area contributed by atoms with Gasteiger partial charge in [0.15, 0.2) is 0 Å². The van der Waals surface area contributed by atoms with Crippen molar-refractivity contribution in [2.75, 3.05) is 0 Å². The summed E-state index contributed by atoms with van der Waals surface area (Å²) >= 11 is 1.40. The Kier molecular flexibility index (Phi) is 2.60. The first-order valence-corrected chi connectivity index (χ1v) is 8.29. The van der Waals surface area contributed by atoms with Crippen LogP contribution >= 0.6 is 11.3 Å². The normalized spacial score (nSPS) is 11.7. The minimum atomic E-state index is -0.104. The maximum atomic E-state index is 12.2. The van der Waals surface area contributed by atoms with Crippen LogP contribution in [0.25, 0.3) is 43.0 Å². The number of phenols is 1. The number of rotatable bonds is 1. The average molecular weight is 333 g/mol. The number of hydrogen-bond donors (Lipinski definition) is 3. The number of aromatic hydroxyl groups is 1. The van der Waals surface area contributed by atoms with Crippen molar-refractivity contribution in [1.29, 1.82) is 0 Å². The number of pyridine rings is 1. The Balaban J connectivity index is 1.98. The molecule has 0 atom stereocenters. The number of phenolic OH excluding ortho intramolecular Hbond substituents is 1. The van der Waals surface area contributed by atoms with Crippen LogP contribution < -0.4 is 5.56 Å². The number of nitrogens with zero attached hydrogens (tertiary/aromatic N) is 1. The van der Waals surface area contributed by atoms with Gasteiger partial charge >= 0.3 is 0 Å². The van der Waals surface area contributed by atoms with Gasteiger partial charge in [-0.05, 0) is 35.2 Å². The van der Waals surface area contributed by atoms with Gasteiger partial charge in [0.2, 0.25) is 0 Å². The van der Waals surface area contributed by atoms with Crippen molar-refractivity contribution in [3.05, 3.63) is 58.3 Å². The van der Waals surface area contributed by atoms with Crippen LogP contribution in [0.2, 0.25) is 0 Å². The molecule has 6 heteroatoms. The largest absolute Gasteiger partial charge is 0.507 e. The summed E-state index contributed by atoms with van der Waals surface area (Å²) in [5, 5.41) is 22.1. The third-order valence-electron chi connectivity index (χ3n) is 4.30. The molecule has 0 saturated carbocycles. The number of aromatic amines is 2. The molecule has 0 amide bonds. The summed E-state index contributed by atoms with van der Waals surface area (Å²) in [5.74, 6) is 0.181. The SMILES string of the molecule is O=c1[nH]c2ccc(O)c(-c3ccc4cn[nH]c4c3)c2c2ccsc12. The van der Waals surface area contributed by atoms with E-state index in [2.05, 4.69) is 15.2 Å². The monoisotopic (exact) mass is 333 g/mol. The van der Waals surface area contributed by atoms with Crippen LogP contribution in [-0.4, -0.2) is 20.3 Å². The van der Waals surface area contributed by atoms with Crippen molar-refractivity contribution in [1.82, 2.24) is 15.2 Å². The number of fused-ring (bicyclic) bond motifs is 4. The molecular weight excluding hydrogens is 322 g/mol. The summed E-state index contributed by atoms with van der Waals surface area (Å²) in [7, 11) is 0. The van der Waals surface area contributed by atoms with Crippen LogP contribution in [0.5, 0.6) is 5.75 Å². The quantitative estimate of drug-likeness (QED) is 0.434. The van der Waals surface area contributed by atoms with E-state index in [-0.39, 0.29) is 11.3 Å². The topological polar surface area (TPSA) is 81.8 Å². The predicted octanol–water partition coefficient (Wildman–Crippen LogP) is 3.99. The molecule has 0 aliphatic rings. The first kappa shape index (κ1) is 13.3. The molecule has 3 heterocycles. The van der Waals surface area contributed by atoms with Crippen molar-refractivity contribution in [3.63, 3.8) is 0 Å². The minimum absolute atomic E-state index is 0.104. The second kappa shape index (κ2) is 4.69. The van der Waals surface area contributed by atoms with Crippen molar-refractivity contribution >= 4 is 43.2 Å². The van der Waals surface area contributed by atoms with Gasteiger partial charge in [0.1, 0.15) is 10.4 Å². The van der Waals surface area contributed by atoms with Crippen molar-refractivity contribution in [3.8, 4) is 16.9 Å². The van der Waals surface area contributed by atoms with E-state index in [4.69, 9.17) is 0 Å². The smallest absolute Gasteiger partial charge is 0.266 e. The van der Waals surface area contributed by atoms with Crippen LogP contribution in [-0.2, 0) is 0 Å². The molecule has 0 aliphatic heterocycles. The fourth-order valence-corrected chi connectivity index (χ4v) is 4.02. The fourth-order valence-electron chi connectivity index (χ4n) is 3.22. The second-order valence-electron chi connectivity index (χ2n) is 5.67. The lowest BCUT2D eigenvalue weighted by atomic mass is 9.97.